The summed E-state index contributed by atoms with van der Waals surface area (Å²) in [5.41, 5.74) is 0.637. The predicted molar refractivity (Wildman–Crippen MR) is 77.3 cm³/mol. The molecule has 1 aromatic carbocycles. The third kappa shape index (κ3) is 3.88. The second-order valence-electron chi connectivity index (χ2n) is 4.79. The van der Waals surface area contributed by atoms with Crippen molar-refractivity contribution in [1.82, 2.24) is 15.5 Å². The molecule has 7 heteroatoms. The van der Waals surface area contributed by atoms with E-state index in [0.29, 0.717) is 18.0 Å². The number of nitrogens with zero attached hydrogens (tertiary/aromatic N) is 2. The van der Waals surface area contributed by atoms with Crippen LogP contribution in [0.1, 0.15) is 32.7 Å². The molecular weight excluding hydrogens is 289 g/mol. The van der Waals surface area contributed by atoms with Gasteiger partial charge in [0, 0.05) is 12.2 Å². The summed E-state index contributed by atoms with van der Waals surface area (Å²) in [7, 11) is 0. The Morgan fingerprint density at radius 3 is 2.68 bits per heavy atom. The van der Waals surface area contributed by atoms with Crippen molar-refractivity contribution in [3.63, 3.8) is 0 Å². The Labute approximate surface area is 127 Å². The number of rotatable bonds is 6. The van der Waals surface area contributed by atoms with Gasteiger partial charge in [0.05, 0.1) is 0 Å². The van der Waals surface area contributed by atoms with Gasteiger partial charge in [-0.05, 0) is 45.0 Å². The standard InChI is InChI=1S/C15H18FN3O3/c1-4-21-10(3)14(20)17-9(2)15-18-13(19-22-15)11-5-7-12(16)8-6-11/h5-10H,4H2,1-3H3,(H,17,20)/t9-,10-/m1/s1. The van der Waals surface area contributed by atoms with E-state index >= 15 is 0 Å². The summed E-state index contributed by atoms with van der Waals surface area (Å²) in [6, 6.07) is 5.31. The Balaban J connectivity index is 2.04. The molecule has 1 N–H and O–H groups in total. The van der Waals surface area contributed by atoms with Gasteiger partial charge in [-0.2, -0.15) is 4.98 Å². The largest absolute Gasteiger partial charge is 0.369 e. The van der Waals surface area contributed by atoms with Crippen LogP contribution in [0, 0.1) is 5.82 Å². The number of nitrogens with one attached hydrogen (secondary N) is 1. The molecule has 0 unspecified atom stereocenters. The molecule has 0 aliphatic rings. The zero-order valence-electron chi connectivity index (χ0n) is 12.7. The fraction of sp³-hybridized carbons (Fsp3) is 0.400. The quantitative estimate of drug-likeness (QED) is 0.887. The molecule has 6 nitrogen and oxygen atoms in total. The van der Waals surface area contributed by atoms with Crippen molar-refractivity contribution < 1.29 is 18.4 Å². The highest BCUT2D eigenvalue weighted by Crippen LogP contribution is 2.19. The zero-order chi connectivity index (χ0) is 16.1. The van der Waals surface area contributed by atoms with E-state index in [0.717, 1.165) is 0 Å². The smallest absolute Gasteiger partial charge is 0.249 e. The highest BCUT2D eigenvalue weighted by molar-refractivity contribution is 5.80. The zero-order valence-corrected chi connectivity index (χ0v) is 12.7. The summed E-state index contributed by atoms with van der Waals surface area (Å²) < 4.78 is 23.2. The molecule has 2 aromatic rings. The SMILES string of the molecule is CCO[C@H](C)C(=O)N[C@H](C)c1nc(-c2ccc(F)cc2)no1. The minimum atomic E-state index is -0.549. The van der Waals surface area contributed by atoms with E-state index in [-0.39, 0.29) is 17.6 Å². The number of hydrogen-bond donors (Lipinski definition) is 1. The molecule has 0 aliphatic heterocycles. The molecule has 0 radical (unpaired) electrons. The Bertz CT molecular complexity index is 627. The van der Waals surface area contributed by atoms with Crippen LogP contribution < -0.4 is 5.32 Å². The van der Waals surface area contributed by atoms with E-state index in [2.05, 4.69) is 15.5 Å². The number of halogens is 1. The van der Waals surface area contributed by atoms with Crippen molar-refractivity contribution >= 4 is 5.91 Å². The molecular formula is C15H18FN3O3. The number of hydrogen-bond acceptors (Lipinski definition) is 5. The third-order valence-electron chi connectivity index (χ3n) is 3.06. The van der Waals surface area contributed by atoms with E-state index < -0.39 is 12.1 Å². The summed E-state index contributed by atoms with van der Waals surface area (Å²) in [5, 5.41) is 6.57. The third-order valence-corrected chi connectivity index (χ3v) is 3.06. The molecule has 1 aromatic heterocycles. The van der Waals surface area contributed by atoms with Crippen LogP contribution in [0.5, 0.6) is 0 Å². The fourth-order valence-corrected chi connectivity index (χ4v) is 1.85. The molecule has 0 spiro atoms. The van der Waals surface area contributed by atoms with E-state index in [1.807, 2.05) is 6.92 Å². The maximum Gasteiger partial charge on any atom is 0.249 e. The lowest BCUT2D eigenvalue weighted by atomic mass is 10.2. The van der Waals surface area contributed by atoms with Crippen LogP contribution >= 0.6 is 0 Å². The van der Waals surface area contributed by atoms with Crippen molar-refractivity contribution in [2.24, 2.45) is 0 Å². The van der Waals surface area contributed by atoms with E-state index in [1.54, 1.807) is 26.0 Å². The van der Waals surface area contributed by atoms with Gasteiger partial charge in [0.15, 0.2) is 0 Å². The molecule has 1 heterocycles. The van der Waals surface area contributed by atoms with Crippen LogP contribution in [0.15, 0.2) is 28.8 Å². The maximum atomic E-state index is 12.9. The molecule has 118 valence electrons. The normalized spacial score (nSPS) is 13.6. The van der Waals surface area contributed by atoms with Crippen molar-refractivity contribution in [1.29, 1.82) is 0 Å². The number of carbonyl (C=O) groups is 1. The first-order valence-electron chi connectivity index (χ1n) is 7.02. The Morgan fingerprint density at radius 2 is 2.05 bits per heavy atom. The van der Waals surface area contributed by atoms with Crippen molar-refractivity contribution in [3.05, 3.63) is 36.0 Å². The Hall–Kier alpha value is -2.28. The van der Waals surface area contributed by atoms with Gasteiger partial charge in [-0.25, -0.2) is 4.39 Å². The van der Waals surface area contributed by atoms with Crippen LogP contribution in [-0.2, 0) is 9.53 Å². The molecule has 0 bridgehead atoms. The molecule has 22 heavy (non-hydrogen) atoms. The summed E-state index contributed by atoms with van der Waals surface area (Å²) in [5.74, 6) is 0.0271. The molecule has 0 fully saturated rings. The molecule has 2 atom stereocenters. The van der Waals surface area contributed by atoms with Crippen LogP contribution in [0.2, 0.25) is 0 Å². The molecule has 1 amide bonds. The summed E-state index contributed by atoms with van der Waals surface area (Å²) in [6.45, 7) is 5.68. The average Bonchev–Trinajstić information content (AvgIpc) is 2.98. The molecule has 0 saturated carbocycles. The first kappa shape index (κ1) is 16.1. The number of aromatic nitrogens is 2. The minimum Gasteiger partial charge on any atom is -0.369 e. The summed E-state index contributed by atoms with van der Waals surface area (Å²) in [6.07, 6.45) is -0.549. The second kappa shape index (κ2) is 7.13. The first-order valence-corrected chi connectivity index (χ1v) is 7.02. The van der Waals surface area contributed by atoms with Gasteiger partial charge in [0.25, 0.3) is 0 Å². The highest BCUT2D eigenvalue weighted by atomic mass is 19.1. The maximum absolute atomic E-state index is 12.9. The van der Waals surface area contributed by atoms with E-state index in [4.69, 9.17) is 9.26 Å². The molecule has 0 aliphatic carbocycles. The van der Waals surface area contributed by atoms with E-state index in [9.17, 15) is 9.18 Å². The molecule has 0 saturated heterocycles. The van der Waals surface area contributed by atoms with Gasteiger partial charge >= 0.3 is 0 Å². The van der Waals surface area contributed by atoms with Gasteiger partial charge in [-0.15, -0.1) is 0 Å². The Morgan fingerprint density at radius 1 is 1.36 bits per heavy atom. The van der Waals surface area contributed by atoms with Crippen LogP contribution in [0.25, 0.3) is 11.4 Å². The van der Waals surface area contributed by atoms with Crippen LogP contribution in [0.3, 0.4) is 0 Å². The van der Waals surface area contributed by atoms with Gasteiger partial charge in [-0.1, -0.05) is 5.16 Å². The lowest BCUT2D eigenvalue weighted by Gasteiger charge is -2.14. The lowest BCUT2D eigenvalue weighted by molar-refractivity contribution is -0.132. The summed E-state index contributed by atoms with van der Waals surface area (Å²) in [4.78, 5) is 16.1. The Kier molecular flexibility index (Phi) is 5.21. The number of amides is 1. The van der Waals surface area contributed by atoms with Crippen molar-refractivity contribution in [2.75, 3.05) is 6.61 Å². The van der Waals surface area contributed by atoms with Crippen molar-refractivity contribution in [2.45, 2.75) is 32.9 Å². The predicted octanol–water partition coefficient (Wildman–Crippen LogP) is 2.48. The number of ether oxygens (including phenoxy) is 1. The van der Waals surface area contributed by atoms with Crippen LogP contribution in [-0.4, -0.2) is 28.8 Å². The average molecular weight is 307 g/mol. The molecule has 2 rings (SSSR count). The van der Waals surface area contributed by atoms with Gasteiger partial charge in [0.1, 0.15) is 18.0 Å². The van der Waals surface area contributed by atoms with Gasteiger partial charge < -0.3 is 14.6 Å². The topological polar surface area (TPSA) is 77.2 Å². The van der Waals surface area contributed by atoms with Gasteiger partial charge in [-0.3, -0.25) is 4.79 Å². The monoisotopic (exact) mass is 307 g/mol. The summed E-state index contributed by atoms with van der Waals surface area (Å²) >= 11 is 0. The first-order chi connectivity index (χ1) is 10.5. The van der Waals surface area contributed by atoms with Gasteiger partial charge in [0.2, 0.25) is 17.6 Å². The fourth-order valence-electron chi connectivity index (χ4n) is 1.85. The van der Waals surface area contributed by atoms with E-state index in [1.165, 1.54) is 12.1 Å². The highest BCUT2D eigenvalue weighted by Gasteiger charge is 2.20. The lowest BCUT2D eigenvalue weighted by Crippen LogP contribution is -2.36. The van der Waals surface area contributed by atoms with Crippen molar-refractivity contribution in [3.8, 4) is 11.4 Å². The second-order valence-corrected chi connectivity index (χ2v) is 4.79. The van der Waals surface area contributed by atoms with Crippen LogP contribution in [0.4, 0.5) is 4.39 Å². The number of benzene rings is 1. The minimum absolute atomic E-state index is 0.254. The number of carbonyl (C=O) groups excluding carboxylic acids is 1.